The first-order valence-electron chi connectivity index (χ1n) is 9.03. The van der Waals surface area contributed by atoms with E-state index in [1.54, 1.807) is 13.0 Å². The van der Waals surface area contributed by atoms with Gasteiger partial charge in [-0.3, -0.25) is 4.79 Å². The molecule has 3 rings (SSSR count). The van der Waals surface area contributed by atoms with Crippen molar-refractivity contribution in [1.29, 1.82) is 0 Å². The maximum Gasteiger partial charge on any atom is 0.265 e. The number of anilines is 1. The Kier molecular flexibility index (Phi) is 6.10. The van der Waals surface area contributed by atoms with Gasteiger partial charge in [-0.05, 0) is 37.6 Å². The van der Waals surface area contributed by atoms with E-state index in [1.165, 1.54) is 0 Å². The molecule has 0 radical (unpaired) electrons. The molecule has 0 unspecified atom stereocenters. The molecule has 0 saturated carbocycles. The second-order valence-electron chi connectivity index (χ2n) is 6.04. The van der Waals surface area contributed by atoms with Gasteiger partial charge < -0.3 is 14.8 Å². The summed E-state index contributed by atoms with van der Waals surface area (Å²) in [5.74, 6) is 0.965. The van der Waals surface area contributed by atoms with Crippen LogP contribution < -0.4 is 14.8 Å². The van der Waals surface area contributed by atoms with Gasteiger partial charge in [-0.25, -0.2) is 0 Å². The van der Waals surface area contributed by atoms with E-state index in [9.17, 15) is 4.79 Å². The summed E-state index contributed by atoms with van der Waals surface area (Å²) < 4.78 is 11.4. The summed E-state index contributed by atoms with van der Waals surface area (Å²) in [5.41, 5.74) is 2.76. The molecule has 27 heavy (non-hydrogen) atoms. The predicted molar refractivity (Wildman–Crippen MR) is 108 cm³/mol. The summed E-state index contributed by atoms with van der Waals surface area (Å²) in [5, 5.41) is 2.98. The molecule has 4 nitrogen and oxygen atoms in total. The molecular weight excluding hydrogens is 338 g/mol. The third kappa shape index (κ3) is 4.67. The Bertz CT molecular complexity index is 893. The van der Waals surface area contributed by atoms with Gasteiger partial charge in [0, 0.05) is 11.3 Å². The van der Waals surface area contributed by atoms with Crippen LogP contribution in [0.25, 0.3) is 11.1 Å². The summed E-state index contributed by atoms with van der Waals surface area (Å²) in [7, 11) is 0. The van der Waals surface area contributed by atoms with Crippen molar-refractivity contribution in [2.24, 2.45) is 0 Å². The number of hydrogen-bond acceptors (Lipinski definition) is 3. The molecule has 1 amide bonds. The number of rotatable bonds is 7. The summed E-state index contributed by atoms with van der Waals surface area (Å²) in [4.78, 5) is 12.7. The zero-order valence-corrected chi connectivity index (χ0v) is 15.5. The van der Waals surface area contributed by atoms with Crippen LogP contribution in [0.15, 0.2) is 78.9 Å². The topological polar surface area (TPSA) is 47.6 Å². The van der Waals surface area contributed by atoms with Crippen LogP contribution in [-0.2, 0) is 4.79 Å². The van der Waals surface area contributed by atoms with Gasteiger partial charge in [0.25, 0.3) is 5.91 Å². The van der Waals surface area contributed by atoms with E-state index in [0.717, 1.165) is 16.8 Å². The lowest BCUT2D eigenvalue weighted by Crippen LogP contribution is -2.30. The van der Waals surface area contributed by atoms with E-state index in [2.05, 4.69) is 5.32 Å². The van der Waals surface area contributed by atoms with Crippen molar-refractivity contribution in [2.75, 3.05) is 11.9 Å². The van der Waals surface area contributed by atoms with E-state index in [4.69, 9.17) is 9.47 Å². The lowest BCUT2D eigenvalue weighted by atomic mass is 10.0. The first-order chi connectivity index (χ1) is 13.2. The number of para-hydroxylation sites is 3. The number of hydrogen-bond donors (Lipinski definition) is 1. The number of amides is 1. The molecule has 0 spiro atoms. The smallest absolute Gasteiger partial charge is 0.265 e. The van der Waals surface area contributed by atoms with Crippen molar-refractivity contribution in [2.45, 2.75) is 20.0 Å². The minimum absolute atomic E-state index is 0.218. The molecule has 0 bridgehead atoms. The molecule has 4 heteroatoms. The fraction of sp³-hybridized carbons (Fsp3) is 0.174. The SMILES string of the molecule is CCOc1ccccc1O[C@@H](C)C(=O)Nc1ccccc1-c1ccccc1. The standard InChI is InChI=1S/C23H23NO3/c1-3-26-21-15-9-10-16-22(21)27-17(2)23(25)24-20-14-8-7-13-19(20)18-11-5-4-6-12-18/h4-17H,3H2,1-2H3,(H,24,25)/t17-/m0/s1. The van der Waals surface area contributed by atoms with Gasteiger partial charge in [-0.2, -0.15) is 0 Å². The van der Waals surface area contributed by atoms with Gasteiger partial charge in [0.15, 0.2) is 17.6 Å². The minimum Gasteiger partial charge on any atom is -0.490 e. The molecule has 0 aromatic heterocycles. The Morgan fingerprint density at radius 2 is 1.52 bits per heavy atom. The van der Waals surface area contributed by atoms with E-state index >= 15 is 0 Å². The Balaban J connectivity index is 1.75. The highest BCUT2D eigenvalue weighted by molar-refractivity contribution is 5.98. The zero-order valence-electron chi connectivity index (χ0n) is 15.5. The average Bonchev–Trinajstić information content (AvgIpc) is 2.70. The molecule has 0 aliphatic carbocycles. The normalized spacial score (nSPS) is 11.5. The molecular formula is C23H23NO3. The highest BCUT2D eigenvalue weighted by atomic mass is 16.5. The maximum absolute atomic E-state index is 12.7. The fourth-order valence-corrected chi connectivity index (χ4v) is 2.76. The second-order valence-corrected chi connectivity index (χ2v) is 6.04. The first kappa shape index (κ1) is 18.5. The quantitative estimate of drug-likeness (QED) is 0.632. The second kappa shape index (κ2) is 8.90. The number of nitrogens with one attached hydrogen (secondary N) is 1. The lowest BCUT2D eigenvalue weighted by molar-refractivity contribution is -0.122. The van der Waals surface area contributed by atoms with Crippen LogP contribution in [-0.4, -0.2) is 18.6 Å². The molecule has 1 N–H and O–H groups in total. The molecule has 0 saturated heterocycles. The third-order valence-electron chi connectivity index (χ3n) is 4.09. The number of carbonyl (C=O) groups is 1. The summed E-state index contributed by atoms with van der Waals surface area (Å²) in [6.45, 7) is 4.17. The average molecular weight is 361 g/mol. The van der Waals surface area contributed by atoms with Crippen LogP contribution in [0, 0.1) is 0 Å². The molecule has 0 heterocycles. The third-order valence-corrected chi connectivity index (χ3v) is 4.09. The van der Waals surface area contributed by atoms with E-state index in [1.807, 2.05) is 79.7 Å². The van der Waals surface area contributed by atoms with Crippen molar-refractivity contribution in [1.82, 2.24) is 0 Å². The van der Waals surface area contributed by atoms with E-state index < -0.39 is 6.10 Å². The molecule has 3 aromatic rings. The molecule has 138 valence electrons. The van der Waals surface area contributed by atoms with Gasteiger partial charge in [0.1, 0.15) is 0 Å². The van der Waals surface area contributed by atoms with Gasteiger partial charge in [0.2, 0.25) is 0 Å². The van der Waals surface area contributed by atoms with Gasteiger partial charge in [-0.15, -0.1) is 0 Å². The van der Waals surface area contributed by atoms with Crippen LogP contribution in [0.3, 0.4) is 0 Å². The number of benzene rings is 3. The van der Waals surface area contributed by atoms with Gasteiger partial charge in [0.05, 0.1) is 6.61 Å². The summed E-state index contributed by atoms with van der Waals surface area (Å²) in [6.07, 6.45) is -0.671. The Hall–Kier alpha value is -3.27. The number of ether oxygens (including phenoxy) is 2. The van der Waals surface area contributed by atoms with Gasteiger partial charge in [-0.1, -0.05) is 60.7 Å². The van der Waals surface area contributed by atoms with Crippen molar-refractivity contribution in [3.63, 3.8) is 0 Å². The van der Waals surface area contributed by atoms with Crippen LogP contribution in [0.2, 0.25) is 0 Å². The van der Waals surface area contributed by atoms with Crippen molar-refractivity contribution in [3.05, 3.63) is 78.9 Å². The molecule has 0 aliphatic heterocycles. The highest BCUT2D eigenvalue weighted by Crippen LogP contribution is 2.29. The molecule has 1 atom stereocenters. The minimum atomic E-state index is -0.671. The van der Waals surface area contributed by atoms with Crippen molar-refractivity contribution >= 4 is 11.6 Å². The Morgan fingerprint density at radius 1 is 0.889 bits per heavy atom. The zero-order chi connectivity index (χ0) is 19.1. The number of carbonyl (C=O) groups excluding carboxylic acids is 1. The first-order valence-corrected chi connectivity index (χ1v) is 9.03. The van der Waals surface area contributed by atoms with Crippen LogP contribution in [0.5, 0.6) is 11.5 Å². The Morgan fingerprint density at radius 3 is 2.26 bits per heavy atom. The van der Waals surface area contributed by atoms with Crippen LogP contribution in [0.1, 0.15) is 13.8 Å². The Labute approximate surface area is 159 Å². The van der Waals surface area contributed by atoms with Crippen LogP contribution >= 0.6 is 0 Å². The molecule has 3 aromatic carbocycles. The maximum atomic E-state index is 12.7. The van der Waals surface area contributed by atoms with Crippen molar-refractivity contribution < 1.29 is 14.3 Å². The van der Waals surface area contributed by atoms with Gasteiger partial charge >= 0.3 is 0 Å². The van der Waals surface area contributed by atoms with Crippen LogP contribution in [0.4, 0.5) is 5.69 Å². The van der Waals surface area contributed by atoms with E-state index in [-0.39, 0.29) is 5.91 Å². The predicted octanol–water partition coefficient (Wildman–Crippen LogP) is 5.16. The van der Waals surface area contributed by atoms with Crippen molar-refractivity contribution in [3.8, 4) is 22.6 Å². The summed E-state index contributed by atoms with van der Waals surface area (Å²) >= 11 is 0. The summed E-state index contributed by atoms with van der Waals surface area (Å²) in [6, 6.07) is 25.0. The van der Waals surface area contributed by atoms with E-state index in [0.29, 0.717) is 18.1 Å². The fourth-order valence-electron chi connectivity index (χ4n) is 2.76. The lowest BCUT2D eigenvalue weighted by Gasteiger charge is -2.18. The monoisotopic (exact) mass is 361 g/mol. The molecule has 0 aliphatic rings. The largest absolute Gasteiger partial charge is 0.490 e. The molecule has 0 fully saturated rings. The highest BCUT2D eigenvalue weighted by Gasteiger charge is 2.18.